The number of nitrogens with zero attached hydrogens (tertiary/aromatic N) is 2. The topological polar surface area (TPSA) is 61.0 Å². The molecule has 0 atom stereocenters. The number of benzene rings is 1. The zero-order valence-corrected chi connectivity index (χ0v) is 10.5. The minimum absolute atomic E-state index is 0.214. The van der Waals surface area contributed by atoms with E-state index in [1.54, 1.807) is 12.3 Å². The predicted molar refractivity (Wildman–Crippen MR) is 65.4 cm³/mol. The molecule has 0 aliphatic rings. The standard InChI is InChI=1S/C11H9BrFN3O/c1-6-2-11(16-15-5-6)17-10-4-8(13)7(12)3-9(10)14/h2-5H,14H2,1H3. The van der Waals surface area contributed by atoms with E-state index >= 15 is 0 Å². The van der Waals surface area contributed by atoms with E-state index in [0.717, 1.165) is 5.56 Å². The second-order valence-electron chi connectivity index (χ2n) is 3.48. The molecule has 4 nitrogen and oxygen atoms in total. The Labute approximate surface area is 106 Å². The lowest BCUT2D eigenvalue weighted by Gasteiger charge is -2.08. The maximum Gasteiger partial charge on any atom is 0.239 e. The summed E-state index contributed by atoms with van der Waals surface area (Å²) in [4.78, 5) is 0. The average molecular weight is 298 g/mol. The van der Waals surface area contributed by atoms with E-state index in [-0.39, 0.29) is 16.1 Å². The lowest BCUT2D eigenvalue weighted by Crippen LogP contribution is -1.96. The highest BCUT2D eigenvalue weighted by molar-refractivity contribution is 9.10. The summed E-state index contributed by atoms with van der Waals surface area (Å²) in [6.45, 7) is 1.85. The van der Waals surface area contributed by atoms with Gasteiger partial charge in [0, 0.05) is 12.1 Å². The highest BCUT2D eigenvalue weighted by atomic mass is 79.9. The van der Waals surface area contributed by atoms with Gasteiger partial charge in [-0.15, -0.1) is 5.10 Å². The second kappa shape index (κ2) is 4.67. The van der Waals surface area contributed by atoms with Crippen molar-refractivity contribution in [3.63, 3.8) is 0 Å². The number of halogens is 2. The summed E-state index contributed by atoms with van der Waals surface area (Å²) < 4.78 is 19.0. The summed E-state index contributed by atoms with van der Waals surface area (Å²) in [5.41, 5.74) is 6.92. The van der Waals surface area contributed by atoms with Crippen LogP contribution in [0.3, 0.4) is 0 Å². The summed E-state index contributed by atoms with van der Waals surface area (Å²) >= 11 is 3.04. The molecule has 0 unspecified atom stereocenters. The van der Waals surface area contributed by atoms with Crippen LogP contribution < -0.4 is 10.5 Å². The molecule has 88 valence electrons. The van der Waals surface area contributed by atoms with Crippen LogP contribution in [0.15, 0.2) is 28.9 Å². The Kier molecular flexibility index (Phi) is 3.23. The summed E-state index contributed by atoms with van der Waals surface area (Å²) in [6.07, 6.45) is 1.60. The first-order valence-electron chi connectivity index (χ1n) is 4.78. The van der Waals surface area contributed by atoms with Crippen LogP contribution in [-0.4, -0.2) is 10.2 Å². The fourth-order valence-electron chi connectivity index (χ4n) is 1.23. The Hall–Kier alpha value is -1.69. The number of hydrogen-bond donors (Lipinski definition) is 1. The van der Waals surface area contributed by atoms with Crippen molar-refractivity contribution in [2.45, 2.75) is 6.92 Å². The second-order valence-corrected chi connectivity index (χ2v) is 4.33. The van der Waals surface area contributed by atoms with Crippen molar-refractivity contribution in [3.05, 3.63) is 40.2 Å². The summed E-state index contributed by atoms with van der Waals surface area (Å²) in [5, 5.41) is 7.50. The fourth-order valence-corrected chi connectivity index (χ4v) is 1.59. The van der Waals surface area contributed by atoms with E-state index < -0.39 is 5.82 Å². The van der Waals surface area contributed by atoms with Crippen molar-refractivity contribution >= 4 is 21.6 Å². The lowest BCUT2D eigenvalue weighted by molar-refractivity contribution is 0.452. The van der Waals surface area contributed by atoms with Gasteiger partial charge in [-0.25, -0.2) is 4.39 Å². The monoisotopic (exact) mass is 297 g/mol. The normalized spacial score (nSPS) is 10.3. The van der Waals surface area contributed by atoms with Crippen LogP contribution >= 0.6 is 15.9 Å². The minimum Gasteiger partial charge on any atom is -0.435 e. The van der Waals surface area contributed by atoms with Gasteiger partial charge in [0.15, 0.2) is 5.75 Å². The van der Waals surface area contributed by atoms with Gasteiger partial charge in [-0.2, -0.15) is 5.10 Å². The first kappa shape index (κ1) is 11.8. The Bertz CT molecular complexity index is 562. The molecule has 2 aromatic rings. The van der Waals surface area contributed by atoms with Crippen molar-refractivity contribution < 1.29 is 9.13 Å². The molecule has 0 aliphatic heterocycles. The quantitative estimate of drug-likeness (QED) is 0.866. The zero-order valence-electron chi connectivity index (χ0n) is 8.95. The van der Waals surface area contributed by atoms with E-state index in [1.165, 1.54) is 12.1 Å². The van der Waals surface area contributed by atoms with E-state index in [9.17, 15) is 4.39 Å². The number of ether oxygens (including phenoxy) is 1. The van der Waals surface area contributed by atoms with Crippen molar-refractivity contribution in [3.8, 4) is 11.6 Å². The van der Waals surface area contributed by atoms with Gasteiger partial charge in [-0.1, -0.05) is 0 Å². The highest BCUT2D eigenvalue weighted by Gasteiger charge is 2.09. The van der Waals surface area contributed by atoms with Gasteiger partial charge < -0.3 is 10.5 Å². The molecule has 2 N–H and O–H groups in total. The maximum absolute atomic E-state index is 13.3. The van der Waals surface area contributed by atoms with E-state index in [0.29, 0.717) is 5.69 Å². The van der Waals surface area contributed by atoms with Crippen LogP contribution in [0.2, 0.25) is 0 Å². The van der Waals surface area contributed by atoms with E-state index in [4.69, 9.17) is 10.5 Å². The Balaban J connectivity index is 2.33. The molecular weight excluding hydrogens is 289 g/mol. The van der Waals surface area contributed by atoms with Crippen molar-refractivity contribution in [1.82, 2.24) is 10.2 Å². The van der Waals surface area contributed by atoms with Gasteiger partial charge in [-0.05, 0) is 34.5 Å². The van der Waals surface area contributed by atoms with Gasteiger partial charge >= 0.3 is 0 Å². The van der Waals surface area contributed by atoms with Crippen LogP contribution in [0.4, 0.5) is 10.1 Å². The first-order chi connectivity index (χ1) is 8.06. The Morgan fingerprint density at radius 1 is 1.35 bits per heavy atom. The molecule has 1 aromatic heterocycles. The number of nitrogen functional groups attached to an aromatic ring is 1. The molecule has 0 radical (unpaired) electrons. The highest BCUT2D eigenvalue weighted by Crippen LogP contribution is 2.31. The number of anilines is 1. The Morgan fingerprint density at radius 2 is 2.12 bits per heavy atom. The third-order valence-corrected chi connectivity index (χ3v) is 2.64. The molecule has 1 heterocycles. The molecule has 0 aliphatic carbocycles. The molecule has 2 rings (SSSR count). The average Bonchev–Trinajstić information content (AvgIpc) is 2.26. The molecule has 0 saturated heterocycles. The first-order valence-corrected chi connectivity index (χ1v) is 5.57. The third kappa shape index (κ3) is 2.71. The number of hydrogen-bond acceptors (Lipinski definition) is 4. The van der Waals surface area contributed by atoms with Crippen LogP contribution in [-0.2, 0) is 0 Å². The SMILES string of the molecule is Cc1cnnc(Oc2cc(F)c(Br)cc2N)c1. The molecule has 0 saturated carbocycles. The molecule has 0 amide bonds. The van der Waals surface area contributed by atoms with Crippen LogP contribution in [0, 0.1) is 12.7 Å². The zero-order chi connectivity index (χ0) is 12.4. The predicted octanol–water partition coefficient (Wildman–Crippen LogP) is 3.06. The number of nitrogens with two attached hydrogens (primary N) is 1. The van der Waals surface area contributed by atoms with Gasteiger partial charge in [0.1, 0.15) is 5.82 Å². The van der Waals surface area contributed by atoms with Crippen molar-refractivity contribution in [1.29, 1.82) is 0 Å². The van der Waals surface area contributed by atoms with E-state index in [2.05, 4.69) is 26.1 Å². The number of aryl methyl sites for hydroxylation is 1. The van der Waals surface area contributed by atoms with Crippen LogP contribution in [0.1, 0.15) is 5.56 Å². The van der Waals surface area contributed by atoms with E-state index in [1.807, 2.05) is 6.92 Å². The van der Waals surface area contributed by atoms with Crippen molar-refractivity contribution in [2.24, 2.45) is 0 Å². The summed E-state index contributed by atoms with van der Waals surface area (Å²) in [7, 11) is 0. The molecule has 6 heteroatoms. The molecule has 0 spiro atoms. The molecule has 0 bridgehead atoms. The summed E-state index contributed by atoms with van der Waals surface area (Å²) in [5.74, 6) is 0.0406. The van der Waals surface area contributed by atoms with Gasteiger partial charge in [0.25, 0.3) is 0 Å². The number of rotatable bonds is 2. The molecule has 0 fully saturated rings. The largest absolute Gasteiger partial charge is 0.435 e. The smallest absolute Gasteiger partial charge is 0.239 e. The van der Waals surface area contributed by atoms with Crippen LogP contribution in [0.25, 0.3) is 0 Å². The fraction of sp³-hybridized carbons (Fsp3) is 0.0909. The van der Waals surface area contributed by atoms with Gasteiger partial charge in [0.2, 0.25) is 5.88 Å². The van der Waals surface area contributed by atoms with Crippen molar-refractivity contribution in [2.75, 3.05) is 5.73 Å². The minimum atomic E-state index is -0.449. The molecule has 17 heavy (non-hydrogen) atoms. The Morgan fingerprint density at radius 3 is 2.82 bits per heavy atom. The third-order valence-electron chi connectivity index (χ3n) is 2.04. The molecular formula is C11H9BrFN3O. The van der Waals surface area contributed by atoms with Crippen LogP contribution in [0.5, 0.6) is 11.6 Å². The maximum atomic E-state index is 13.3. The van der Waals surface area contributed by atoms with Gasteiger partial charge in [-0.3, -0.25) is 0 Å². The number of aromatic nitrogens is 2. The lowest BCUT2D eigenvalue weighted by atomic mass is 10.3. The summed E-state index contributed by atoms with van der Waals surface area (Å²) in [6, 6.07) is 4.32. The van der Waals surface area contributed by atoms with Gasteiger partial charge in [0.05, 0.1) is 16.4 Å². The molecule has 1 aromatic carbocycles.